The van der Waals surface area contributed by atoms with Gasteiger partial charge in [0.25, 0.3) is 0 Å². The quantitative estimate of drug-likeness (QED) is 0.913. The molecule has 1 heterocycles. The SMILES string of the molecule is COc1cccc(NCc2cccc3c2OCO3)c1. The first-order valence-corrected chi connectivity index (χ1v) is 6.12. The summed E-state index contributed by atoms with van der Waals surface area (Å²) in [6, 6.07) is 13.7. The van der Waals surface area contributed by atoms with E-state index < -0.39 is 0 Å². The molecule has 98 valence electrons. The van der Waals surface area contributed by atoms with E-state index in [2.05, 4.69) is 5.32 Å². The third-order valence-electron chi connectivity index (χ3n) is 3.03. The lowest BCUT2D eigenvalue weighted by Crippen LogP contribution is -2.01. The number of nitrogens with one attached hydrogen (secondary N) is 1. The molecule has 0 atom stereocenters. The summed E-state index contributed by atoms with van der Waals surface area (Å²) in [7, 11) is 1.66. The van der Waals surface area contributed by atoms with Gasteiger partial charge >= 0.3 is 0 Å². The number of para-hydroxylation sites is 1. The molecule has 0 aliphatic carbocycles. The maximum absolute atomic E-state index is 5.48. The average Bonchev–Trinajstić information content (AvgIpc) is 2.94. The normalized spacial score (nSPS) is 12.3. The van der Waals surface area contributed by atoms with Crippen molar-refractivity contribution in [2.75, 3.05) is 19.2 Å². The molecule has 0 radical (unpaired) electrons. The molecule has 1 N–H and O–H groups in total. The summed E-state index contributed by atoms with van der Waals surface area (Å²) in [5.74, 6) is 2.48. The van der Waals surface area contributed by atoms with Crippen molar-refractivity contribution in [3.8, 4) is 17.2 Å². The van der Waals surface area contributed by atoms with E-state index in [1.165, 1.54) is 0 Å². The summed E-state index contributed by atoms with van der Waals surface area (Å²) in [6.07, 6.45) is 0. The summed E-state index contributed by atoms with van der Waals surface area (Å²) in [5, 5.41) is 3.35. The van der Waals surface area contributed by atoms with Crippen molar-refractivity contribution in [1.82, 2.24) is 0 Å². The van der Waals surface area contributed by atoms with Crippen molar-refractivity contribution >= 4 is 5.69 Å². The first-order chi connectivity index (χ1) is 9.36. The van der Waals surface area contributed by atoms with E-state index in [0.717, 1.165) is 28.5 Å². The standard InChI is InChI=1S/C15H15NO3/c1-17-13-6-3-5-12(8-13)16-9-11-4-2-7-14-15(11)19-10-18-14/h2-8,16H,9-10H2,1H3. The van der Waals surface area contributed by atoms with Gasteiger partial charge < -0.3 is 19.5 Å². The van der Waals surface area contributed by atoms with Gasteiger partial charge in [-0.15, -0.1) is 0 Å². The predicted octanol–water partition coefficient (Wildman–Crippen LogP) is 3.04. The number of rotatable bonds is 4. The maximum Gasteiger partial charge on any atom is 0.231 e. The Hall–Kier alpha value is -2.36. The average molecular weight is 257 g/mol. The maximum atomic E-state index is 5.48. The van der Waals surface area contributed by atoms with E-state index in [1.807, 2.05) is 42.5 Å². The van der Waals surface area contributed by atoms with Gasteiger partial charge in [0.1, 0.15) is 5.75 Å². The molecule has 4 heteroatoms. The van der Waals surface area contributed by atoms with Gasteiger partial charge in [-0.2, -0.15) is 0 Å². The minimum Gasteiger partial charge on any atom is -0.497 e. The number of hydrogen-bond acceptors (Lipinski definition) is 4. The number of anilines is 1. The van der Waals surface area contributed by atoms with Crippen molar-refractivity contribution < 1.29 is 14.2 Å². The minimum atomic E-state index is 0.297. The molecule has 0 saturated carbocycles. The zero-order chi connectivity index (χ0) is 13.1. The fraction of sp³-hybridized carbons (Fsp3) is 0.200. The van der Waals surface area contributed by atoms with Gasteiger partial charge in [0.05, 0.1) is 7.11 Å². The van der Waals surface area contributed by atoms with Gasteiger partial charge in [-0.1, -0.05) is 18.2 Å². The Morgan fingerprint density at radius 1 is 1.16 bits per heavy atom. The van der Waals surface area contributed by atoms with Crippen molar-refractivity contribution in [3.05, 3.63) is 48.0 Å². The van der Waals surface area contributed by atoms with Gasteiger partial charge in [-0.3, -0.25) is 0 Å². The Balaban J connectivity index is 1.74. The molecule has 1 aliphatic heterocycles. The first kappa shape index (κ1) is 11.7. The van der Waals surface area contributed by atoms with E-state index in [4.69, 9.17) is 14.2 Å². The van der Waals surface area contributed by atoms with Crippen LogP contribution in [0.25, 0.3) is 0 Å². The van der Waals surface area contributed by atoms with E-state index in [1.54, 1.807) is 7.11 Å². The summed E-state index contributed by atoms with van der Waals surface area (Å²) in [4.78, 5) is 0. The lowest BCUT2D eigenvalue weighted by molar-refractivity contribution is 0.173. The van der Waals surface area contributed by atoms with Crippen LogP contribution in [0, 0.1) is 0 Å². The largest absolute Gasteiger partial charge is 0.497 e. The summed E-state index contributed by atoms with van der Waals surface area (Å²) in [5.41, 5.74) is 2.09. The second-order valence-corrected chi connectivity index (χ2v) is 4.24. The van der Waals surface area contributed by atoms with Gasteiger partial charge in [0.2, 0.25) is 6.79 Å². The van der Waals surface area contributed by atoms with Crippen LogP contribution in [0.2, 0.25) is 0 Å². The summed E-state index contributed by atoms with van der Waals surface area (Å²) >= 11 is 0. The van der Waals surface area contributed by atoms with E-state index in [-0.39, 0.29) is 0 Å². The zero-order valence-electron chi connectivity index (χ0n) is 10.7. The van der Waals surface area contributed by atoms with Crippen LogP contribution in [0.4, 0.5) is 5.69 Å². The van der Waals surface area contributed by atoms with Crippen molar-refractivity contribution in [2.24, 2.45) is 0 Å². The van der Waals surface area contributed by atoms with Crippen LogP contribution in [0.1, 0.15) is 5.56 Å². The van der Waals surface area contributed by atoms with Gasteiger partial charge in [0.15, 0.2) is 11.5 Å². The molecule has 3 rings (SSSR count). The van der Waals surface area contributed by atoms with Crippen molar-refractivity contribution in [3.63, 3.8) is 0 Å². The number of methoxy groups -OCH3 is 1. The minimum absolute atomic E-state index is 0.297. The summed E-state index contributed by atoms with van der Waals surface area (Å²) in [6.45, 7) is 0.977. The van der Waals surface area contributed by atoms with E-state index >= 15 is 0 Å². The van der Waals surface area contributed by atoms with Crippen molar-refractivity contribution in [2.45, 2.75) is 6.54 Å². The van der Waals surface area contributed by atoms with Gasteiger partial charge in [-0.05, 0) is 18.2 Å². The molecule has 2 aromatic rings. The molecule has 0 unspecified atom stereocenters. The molecule has 0 spiro atoms. The van der Waals surface area contributed by atoms with Crippen LogP contribution >= 0.6 is 0 Å². The lowest BCUT2D eigenvalue weighted by Gasteiger charge is -2.09. The Morgan fingerprint density at radius 2 is 2.05 bits per heavy atom. The van der Waals surface area contributed by atoms with Crippen LogP contribution in [0.5, 0.6) is 17.2 Å². The molecule has 0 saturated heterocycles. The van der Waals surface area contributed by atoms with Crippen LogP contribution in [-0.2, 0) is 6.54 Å². The predicted molar refractivity (Wildman–Crippen MR) is 72.9 cm³/mol. The number of ether oxygens (including phenoxy) is 3. The highest BCUT2D eigenvalue weighted by Crippen LogP contribution is 2.35. The van der Waals surface area contributed by atoms with Gasteiger partial charge in [-0.25, -0.2) is 0 Å². The molecule has 1 aliphatic rings. The molecular weight excluding hydrogens is 242 g/mol. The molecule has 0 aromatic heterocycles. The number of fused-ring (bicyclic) bond motifs is 1. The highest BCUT2D eigenvalue weighted by molar-refractivity contribution is 5.52. The van der Waals surface area contributed by atoms with E-state index in [0.29, 0.717) is 13.3 Å². The fourth-order valence-electron chi connectivity index (χ4n) is 2.06. The monoisotopic (exact) mass is 257 g/mol. The Bertz CT molecular complexity index is 583. The molecule has 0 bridgehead atoms. The number of hydrogen-bond donors (Lipinski definition) is 1. The molecule has 4 nitrogen and oxygen atoms in total. The lowest BCUT2D eigenvalue weighted by atomic mass is 10.2. The van der Waals surface area contributed by atoms with Crippen LogP contribution in [0.3, 0.4) is 0 Å². The third-order valence-corrected chi connectivity index (χ3v) is 3.03. The Morgan fingerprint density at radius 3 is 2.95 bits per heavy atom. The Kier molecular flexibility index (Phi) is 3.14. The highest BCUT2D eigenvalue weighted by atomic mass is 16.7. The first-order valence-electron chi connectivity index (χ1n) is 6.12. The third kappa shape index (κ3) is 2.42. The van der Waals surface area contributed by atoms with Crippen LogP contribution in [-0.4, -0.2) is 13.9 Å². The molecular formula is C15H15NO3. The summed E-state index contributed by atoms with van der Waals surface area (Å²) < 4.78 is 16.0. The Labute approximate surface area is 111 Å². The topological polar surface area (TPSA) is 39.7 Å². The van der Waals surface area contributed by atoms with Gasteiger partial charge in [0, 0.05) is 23.9 Å². The second kappa shape index (κ2) is 5.10. The van der Waals surface area contributed by atoms with Crippen LogP contribution in [0.15, 0.2) is 42.5 Å². The number of benzene rings is 2. The zero-order valence-corrected chi connectivity index (χ0v) is 10.7. The molecule has 0 fully saturated rings. The molecule has 19 heavy (non-hydrogen) atoms. The molecule has 0 amide bonds. The van der Waals surface area contributed by atoms with Crippen molar-refractivity contribution in [1.29, 1.82) is 0 Å². The second-order valence-electron chi connectivity index (χ2n) is 4.24. The molecule has 2 aromatic carbocycles. The van der Waals surface area contributed by atoms with E-state index in [9.17, 15) is 0 Å². The highest BCUT2D eigenvalue weighted by Gasteiger charge is 2.16. The fourth-order valence-corrected chi connectivity index (χ4v) is 2.06. The van der Waals surface area contributed by atoms with Crippen LogP contribution < -0.4 is 19.5 Å². The smallest absolute Gasteiger partial charge is 0.231 e.